The van der Waals surface area contributed by atoms with Crippen molar-refractivity contribution in [2.24, 2.45) is 0 Å². The van der Waals surface area contributed by atoms with Crippen molar-refractivity contribution < 1.29 is 9.47 Å². The molecule has 33 heavy (non-hydrogen) atoms. The third-order valence-electron chi connectivity index (χ3n) is 6.88. The number of aromatic nitrogens is 2. The molecule has 4 rings (SSSR count). The van der Waals surface area contributed by atoms with Crippen LogP contribution in [0.4, 0.5) is 5.82 Å². The molecule has 2 saturated heterocycles. The smallest absolute Gasteiger partial charge is 0.224 e. The zero-order valence-electron chi connectivity index (χ0n) is 20.3. The maximum Gasteiger partial charge on any atom is 0.224 e. The molecule has 0 aliphatic carbocycles. The summed E-state index contributed by atoms with van der Waals surface area (Å²) in [7, 11) is 1.67. The number of benzene rings is 1. The lowest BCUT2D eigenvalue weighted by Crippen LogP contribution is -2.42. The van der Waals surface area contributed by atoms with Gasteiger partial charge < -0.3 is 24.6 Å². The second-order valence-electron chi connectivity index (χ2n) is 9.51. The van der Waals surface area contributed by atoms with E-state index >= 15 is 0 Å². The third-order valence-corrected chi connectivity index (χ3v) is 7.05. The summed E-state index contributed by atoms with van der Waals surface area (Å²) in [5, 5.41) is 4.77. The number of hydrogen-bond donors (Lipinski definition) is 1. The molecule has 0 unspecified atom stereocenters. The second kappa shape index (κ2) is 11.5. The molecule has 0 radical (unpaired) electrons. The molecule has 2 aliphatic rings. The number of hydrogen-bond acceptors (Lipinski definition) is 7. The fourth-order valence-corrected chi connectivity index (χ4v) is 5.07. The minimum Gasteiger partial charge on any atom is -0.493 e. The first-order valence-electron chi connectivity index (χ1n) is 12.4. The summed E-state index contributed by atoms with van der Waals surface area (Å²) in [5.74, 6) is 2.17. The fourth-order valence-electron chi connectivity index (χ4n) is 4.90. The number of nitrogens with one attached hydrogen (secondary N) is 1. The van der Waals surface area contributed by atoms with Crippen LogP contribution in [0.1, 0.15) is 52.4 Å². The lowest BCUT2D eigenvalue weighted by atomic mass is 10.0. The van der Waals surface area contributed by atoms with Crippen molar-refractivity contribution in [3.63, 3.8) is 0 Å². The normalized spacial score (nSPS) is 18.7. The first-order valence-corrected chi connectivity index (χ1v) is 12.8. The highest BCUT2D eigenvalue weighted by atomic mass is 35.5. The molecule has 2 fully saturated rings. The van der Waals surface area contributed by atoms with Gasteiger partial charge in [0.15, 0.2) is 11.5 Å². The molecule has 1 aromatic heterocycles. The molecule has 7 nitrogen and oxygen atoms in total. The second-order valence-corrected chi connectivity index (χ2v) is 9.85. The summed E-state index contributed by atoms with van der Waals surface area (Å²) in [6.45, 7) is 10.8. The number of likely N-dealkylation sites (tertiary alicyclic amines) is 2. The molecule has 1 aromatic carbocycles. The van der Waals surface area contributed by atoms with E-state index in [9.17, 15) is 0 Å². The van der Waals surface area contributed by atoms with E-state index in [0.29, 0.717) is 30.2 Å². The van der Waals surface area contributed by atoms with Crippen LogP contribution in [-0.4, -0.2) is 78.3 Å². The van der Waals surface area contributed by atoms with E-state index in [0.717, 1.165) is 55.6 Å². The number of methoxy groups -OCH3 is 1. The van der Waals surface area contributed by atoms with Crippen molar-refractivity contribution in [3.05, 3.63) is 17.4 Å². The molecule has 182 valence electrons. The Labute approximate surface area is 202 Å². The Kier molecular flexibility index (Phi) is 8.50. The van der Waals surface area contributed by atoms with E-state index in [1.165, 1.54) is 32.4 Å². The van der Waals surface area contributed by atoms with Gasteiger partial charge >= 0.3 is 0 Å². The molecule has 0 amide bonds. The lowest BCUT2D eigenvalue weighted by Gasteiger charge is -2.35. The Balaban J connectivity index is 1.43. The molecule has 2 aliphatic heterocycles. The van der Waals surface area contributed by atoms with Gasteiger partial charge in [-0.3, -0.25) is 0 Å². The molecule has 2 aromatic rings. The summed E-state index contributed by atoms with van der Waals surface area (Å²) in [4.78, 5) is 14.0. The fraction of sp³-hybridized carbons (Fsp3) is 0.680. The summed E-state index contributed by atoms with van der Waals surface area (Å²) < 4.78 is 11.8. The Hall–Kier alpha value is -1.83. The topological polar surface area (TPSA) is 62.8 Å². The molecule has 0 bridgehead atoms. The maximum absolute atomic E-state index is 6.30. The summed E-state index contributed by atoms with van der Waals surface area (Å²) >= 11 is 6.30. The third kappa shape index (κ3) is 6.40. The number of piperidine rings is 2. The predicted molar refractivity (Wildman–Crippen MR) is 135 cm³/mol. The Bertz CT molecular complexity index is 911. The van der Waals surface area contributed by atoms with Crippen LogP contribution >= 0.6 is 11.6 Å². The van der Waals surface area contributed by atoms with Crippen LogP contribution < -0.4 is 14.8 Å². The van der Waals surface area contributed by atoms with Crippen molar-refractivity contribution in [2.45, 2.75) is 64.5 Å². The molecule has 0 saturated carbocycles. The molecular formula is C25H38ClN5O2. The minimum atomic E-state index is 0.242. The van der Waals surface area contributed by atoms with E-state index in [2.05, 4.69) is 38.9 Å². The average molecular weight is 476 g/mol. The van der Waals surface area contributed by atoms with Crippen LogP contribution in [0.3, 0.4) is 0 Å². The van der Waals surface area contributed by atoms with Gasteiger partial charge in [-0.1, -0.05) is 6.42 Å². The van der Waals surface area contributed by atoms with Crippen LogP contribution in [0.5, 0.6) is 11.5 Å². The highest BCUT2D eigenvalue weighted by Crippen LogP contribution is 2.35. The van der Waals surface area contributed by atoms with E-state index in [1.807, 2.05) is 12.1 Å². The van der Waals surface area contributed by atoms with Crippen LogP contribution in [0, 0.1) is 0 Å². The van der Waals surface area contributed by atoms with Gasteiger partial charge in [0.2, 0.25) is 5.28 Å². The number of nitrogens with zero attached hydrogens (tertiary/aromatic N) is 4. The highest BCUT2D eigenvalue weighted by Gasteiger charge is 2.22. The molecule has 3 heterocycles. The largest absolute Gasteiger partial charge is 0.493 e. The Morgan fingerprint density at radius 3 is 2.52 bits per heavy atom. The molecule has 0 spiro atoms. The summed E-state index contributed by atoms with van der Waals surface area (Å²) in [5.41, 5.74) is 0.768. The zero-order chi connectivity index (χ0) is 23.2. The van der Waals surface area contributed by atoms with E-state index in [1.54, 1.807) is 7.11 Å². The number of ether oxygens (including phenoxy) is 2. The SMILES string of the molecule is COc1cc2c(NC3CCN(C(C)C)CC3)nc(Cl)nc2cc1OCCCN1CCCCC1. The molecule has 1 N–H and O–H groups in total. The van der Waals surface area contributed by atoms with Crippen molar-refractivity contribution in [3.8, 4) is 11.5 Å². The van der Waals surface area contributed by atoms with Crippen molar-refractivity contribution in [1.29, 1.82) is 0 Å². The zero-order valence-corrected chi connectivity index (χ0v) is 21.0. The average Bonchev–Trinajstić information content (AvgIpc) is 2.82. The first kappa shape index (κ1) is 24.3. The van der Waals surface area contributed by atoms with Crippen molar-refractivity contribution in [1.82, 2.24) is 19.8 Å². The number of fused-ring (bicyclic) bond motifs is 1. The maximum atomic E-state index is 6.30. The van der Waals surface area contributed by atoms with Crippen LogP contribution in [0.25, 0.3) is 10.9 Å². The summed E-state index contributed by atoms with van der Waals surface area (Å²) in [6, 6.07) is 4.85. The lowest BCUT2D eigenvalue weighted by molar-refractivity contribution is 0.177. The van der Waals surface area contributed by atoms with Gasteiger partial charge in [0, 0.05) is 43.2 Å². The van der Waals surface area contributed by atoms with Gasteiger partial charge in [-0.05, 0) is 76.7 Å². The predicted octanol–water partition coefficient (Wildman–Crippen LogP) is 4.83. The Morgan fingerprint density at radius 2 is 1.82 bits per heavy atom. The van der Waals surface area contributed by atoms with Gasteiger partial charge in [-0.15, -0.1) is 0 Å². The van der Waals surface area contributed by atoms with Crippen molar-refractivity contribution in [2.75, 3.05) is 51.8 Å². The van der Waals surface area contributed by atoms with Crippen LogP contribution in [0.15, 0.2) is 12.1 Å². The highest BCUT2D eigenvalue weighted by molar-refractivity contribution is 6.28. The van der Waals surface area contributed by atoms with Crippen LogP contribution in [0.2, 0.25) is 5.28 Å². The Morgan fingerprint density at radius 1 is 1.06 bits per heavy atom. The quantitative estimate of drug-likeness (QED) is 0.411. The van der Waals surface area contributed by atoms with Gasteiger partial charge in [0.1, 0.15) is 5.82 Å². The first-order chi connectivity index (χ1) is 16.0. The van der Waals surface area contributed by atoms with Gasteiger partial charge in [0.05, 0.1) is 19.2 Å². The van der Waals surface area contributed by atoms with Crippen LogP contribution in [-0.2, 0) is 0 Å². The standard InChI is InChI=1S/C25H38ClN5O2/c1-18(2)31-13-8-19(9-14-31)27-24-20-16-22(32-3)23(17-21(20)28-25(26)29-24)33-15-7-12-30-10-5-4-6-11-30/h16-19H,4-15H2,1-3H3,(H,27,28,29). The monoisotopic (exact) mass is 475 g/mol. The number of rotatable bonds is 9. The van der Waals surface area contributed by atoms with Gasteiger partial charge in [0.25, 0.3) is 0 Å². The van der Waals surface area contributed by atoms with E-state index in [-0.39, 0.29) is 5.28 Å². The van der Waals surface area contributed by atoms with Crippen molar-refractivity contribution >= 4 is 28.3 Å². The van der Waals surface area contributed by atoms with E-state index in [4.69, 9.17) is 21.1 Å². The molecule has 0 atom stereocenters. The molecule has 8 heteroatoms. The minimum absolute atomic E-state index is 0.242. The number of anilines is 1. The van der Waals surface area contributed by atoms with E-state index < -0.39 is 0 Å². The van der Waals surface area contributed by atoms with Gasteiger partial charge in [-0.25, -0.2) is 9.97 Å². The van der Waals surface area contributed by atoms with Gasteiger partial charge in [-0.2, -0.15) is 0 Å². The summed E-state index contributed by atoms with van der Waals surface area (Å²) in [6.07, 6.45) is 7.14. The molecular weight excluding hydrogens is 438 g/mol. The number of halogens is 1.